The van der Waals surface area contributed by atoms with Crippen molar-refractivity contribution in [2.45, 2.75) is 20.3 Å². The van der Waals surface area contributed by atoms with Crippen LogP contribution in [0.2, 0.25) is 0 Å². The second-order valence-corrected chi connectivity index (χ2v) is 6.86. The number of nitro groups is 1. The molecule has 2 aromatic carbocycles. The second kappa shape index (κ2) is 10.4. The van der Waals surface area contributed by atoms with Crippen molar-refractivity contribution in [3.8, 4) is 0 Å². The van der Waals surface area contributed by atoms with E-state index in [9.17, 15) is 19.7 Å². The fraction of sp³-hybridized carbons (Fsp3) is 0.158. The van der Waals surface area contributed by atoms with Crippen molar-refractivity contribution < 1.29 is 14.5 Å². The molecule has 2 amide bonds. The molecule has 9 nitrogen and oxygen atoms in total. The topological polar surface area (TPSA) is 125 Å². The van der Waals surface area contributed by atoms with Gasteiger partial charge < -0.3 is 16.0 Å². The van der Waals surface area contributed by atoms with E-state index in [-0.39, 0.29) is 32.9 Å². The standard InChI is InChI=1S/C19H19N5O4S2/c1-3-16(25)22-18(29)20-12-7-9-13(10-8-12)21-19(30)23-17(26)14-5-4-6-15(11(14)2)24(27)28/h4-10H,3H2,1-2H3,(H2,20,22,25,29)(H2,21,23,26,30). The molecule has 0 heterocycles. The number of nitrogens with one attached hydrogen (secondary N) is 4. The molecule has 0 aliphatic heterocycles. The minimum atomic E-state index is -0.552. The van der Waals surface area contributed by atoms with E-state index in [1.807, 2.05) is 0 Å². The van der Waals surface area contributed by atoms with E-state index in [1.54, 1.807) is 31.2 Å². The predicted octanol–water partition coefficient (Wildman–Crippen LogP) is 3.25. The fourth-order valence-electron chi connectivity index (χ4n) is 2.41. The number of carbonyl (C=O) groups excluding carboxylic acids is 2. The van der Waals surface area contributed by atoms with Gasteiger partial charge in [0, 0.05) is 35.0 Å². The zero-order valence-electron chi connectivity index (χ0n) is 16.1. The maximum atomic E-state index is 12.4. The van der Waals surface area contributed by atoms with Crippen LogP contribution >= 0.6 is 24.4 Å². The lowest BCUT2D eigenvalue weighted by Crippen LogP contribution is -2.34. The van der Waals surface area contributed by atoms with Crippen molar-refractivity contribution in [3.05, 3.63) is 63.7 Å². The summed E-state index contributed by atoms with van der Waals surface area (Å²) in [5.41, 5.74) is 1.53. The van der Waals surface area contributed by atoms with E-state index >= 15 is 0 Å². The van der Waals surface area contributed by atoms with Crippen LogP contribution in [-0.4, -0.2) is 27.0 Å². The highest BCUT2D eigenvalue weighted by atomic mass is 32.1. The lowest BCUT2D eigenvalue weighted by molar-refractivity contribution is -0.385. The molecule has 11 heteroatoms. The smallest absolute Gasteiger partial charge is 0.273 e. The Kier molecular flexibility index (Phi) is 7.90. The van der Waals surface area contributed by atoms with Gasteiger partial charge in [0.25, 0.3) is 11.6 Å². The van der Waals surface area contributed by atoms with E-state index in [1.165, 1.54) is 25.1 Å². The highest BCUT2D eigenvalue weighted by molar-refractivity contribution is 7.80. The van der Waals surface area contributed by atoms with Crippen LogP contribution in [0.1, 0.15) is 29.3 Å². The number of hydrogen-bond donors (Lipinski definition) is 4. The number of amides is 2. The molecule has 30 heavy (non-hydrogen) atoms. The van der Waals surface area contributed by atoms with Crippen LogP contribution in [0.3, 0.4) is 0 Å². The van der Waals surface area contributed by atoms with Gasteiger partial charge in [0.05, 0.1) is 4.92 Å². The summed E-state index contributed by atoms with van der Waals surface area (Å²) < 4.78 is 0. The van der Waals surface area contributed by atoms with Gasteiger partial charge in [0.1, 0.15) is 0 Å². The zero-order chi connectivity index (χ0) is 22.3. The van der Waals surface area contributed by atoms with Crippen molar-refractivity contribution in [1.82, 2.24) is 10.6 Å². The Morgan fingerprint density at radius 2 is 1.50 bits per heavy atom. The normalized spacial score (nSPS) is 9.93. The van der Waals surface area contributed by atoms with Gasteiger partial charge in [-0.3, -0.25) is 25.0 Å². The largest absolute Gasteiger partial charge is 0.332 e. The summed E-state index contributed by atoms with van der Waals surface area (Å²) in [5, 5.41) is 22.0. The summed E-state index contributed by atoms with van der Waals surface area (Å²) in [6.45, 7) is 3.23. The molecular formula is C19H19N5O4S2. The average Bonchev–Trinajstić information content (AvgIpc) is 2.69. The van der Waals surface area contributed by atoms with E-state index in [4.69, 9.17) is 24.4 Å². The summed E-state index contributed by atoms with van der Waals surface area (Å²) in [5.74, 6) is -0.741. The quantitative estimate of drug-likeness (QED) is 0.314. The van der Waals surface area contributed by atoms with Gasteiger partial charge in [0.2, 0.25) is 5.91 Å². The van der Waals surface area contributed by atoms with Crippen molar-refractivity contribution in [3.63, 3.8) is 0 Å². The number of thiocarbonyl (C=S) groups is 2. The highest BCUT2D eigenvalue weighted by Gasteiger charge is 2.18. The van der Waals surface area contributed by atoms with Crippen LogP contribution in [0.25, 0.3) is 0 Å². The molecule has 0 saturated heterocycles. The lowest BCUT2D eigenvalue weighted by Gasteiger charge is -2.12. The summed E-state index contributed by atoms with van der Waals surface area (Å²) in [6.07, 6.45) is 0.323. The van der Waals surface area contributed by atoms with Crippen LogP contribution in [-0.2, 0) is 4.79 Å². The number of hydrogen-bond acceptors (Lipinski definition) is 6. The molecule has 0 unspecified atom stereocenters. The third-order valence-electron chi connectivity index (χ3n) is 3.95. The number of benzene rings is 2. The lowest BCUT2D eigenvalue weighted by atomic mass is 10.1. The van der Waals surface area contributed by atoms with Crippen molar-refractivity contribution in [1.29, 1.82) is 0 Å². The minimum Gasteiger partial charge on any atom is -0.332 e. The Morgan fingerprint density at radius 1 is 0.967 bits per heavy atom. The molecule has 156 valence electrons. The maximum Gasteiger partial charge on any atom is 0.273 e. The maximum absolute atomic E-state index is 12.4. The molecule has 0 aromatic heterocycles. The van der Waals surface area contributed by atoms with Crippen molar-refractivity contribution in [2.75, 3.05) is 10.6 Å². The van der Waals surface area contributed by atoms with Crippen LogP contribution in [0.15, 0.2) is 42.5 Å². The molecule has 0 radical (unpaired) electrons. The van der Waals surface area contributed by atoms with Crippen molar-refractivity contribution >= 4 is 63.5 Å². The van der Waals surface area contributed by atoms with Crippen LogP contribution in [0.5, 0.6) is 0 Å². The van der Waals surface area contributed by atoms with E-state index in [0.717, 1.165) is 0 Å². The van der Waals surface area contributed by atoms with Gasteiger partial charge in [-0.05, 0) is 61.7 Å². The first-order valence-electron chi connectivity index (χ1n) is 8.78. The van der Waals surface area contributed by atoms with Gasteiger partial charge in [-0.2, -0.15) is 0 Å². The van der Waals surface area contributed by atoms with E-state index < -0.39 is 10.8 Å². The highest BCUT2D eigenvalue weighted by Crippen LogP contribution is 2.21. The number of nitro benzene ring substituents is 1. The summed E-state index contributed by atoms with van der Waals surface area (Å²) in [7, 11) is 0. The SMILES string of the molecule is CCC(=O)NC(=S)Nc1ccc(NC(=S)NC(=O)c2cccc([N+](=O)[O-])c2C)cc1. The molecule has 0 spiro atoms. The molecule has 4 N–H and O–H groups in total. The first-order valence-corrected chi connectivity index (χ1v) is 9.60. The average molecular weight is 446 g/mol. The Morgan fingerprint density at radius 3 is 2.00 bits per heavy atom. The molecular weight excluding hydrogens is 426 g/mol. The monoisotopic (exact) mass is 445 g/mol. The zero-order valence-corrected chi connectivity index (χ0v) is 17.8. The number of rotatable bonds is 5. The van der Waals surface area contributed by atoms with Gasteiger partial charge in [-0.25, -0.2) is 0 Å². The molecule has 2 aromatic rings. The van der Waals surface area contributed by atoms with Gasteiger partial charge >= 0.3 is 0 Å². The van der Waals surface area contributed by atoms with Gasteiger partial charge in [0.15, 0.2) is 10.2 Å². The first-order chi connectivity index (χ1) is 14.2. The fourth-order valence-corrected chi connectivity index (χ4v) is 2.86. The molecule has 0 atom stereocenters. The molecule has 2 rings (SSSR count). The molecule has 0 aliphatic carbocycles. The Hall–Kier alpha value is -3.44. The number of carbonyl (C=O) groups is 2. The number of nitrogens with zero attached hydrogens (tertiary/aromatic N) is 1. The van der Waals surface area contributed by atoms with Crippen LogP contribution in [0.4, 0.5) is 17.1 Å². The second-order valence-electron chi connectivity index (χ2n) is 6.05. The molecule has 0 bridgehead atoms. The Labute approximate surface area is 183 Å². The van der Waals surface area contributed by atoms with Gasteiger partial charge in [-0.1, -0.05) is 13.0 Å². The minimum absolute atomic E-state index is 0.0392. The third-order valence-corrected chi connectivity index (χ3v) is 4.36. The first kappa shape index (κ1) is 22.8. The predicted molar refractivity (Wildman–Crippen MR) is 123 cm³/mol. The van der Waals surface area contributed by atoms with Crippen LogP contribution in [0, 0.1) is 17.0 Å². The molecule has 0 saturated carbocycles. The summed E-state index contributed by atoms with van der Waals surface area (Å²) >= 11 is 10.2. The number of anilines is 2. The summed E-state index contributed by atoms with van der Waals surface area (Å²) in [4.78, 5) is 34.2. The van der Waals surface area contributed by atoms with Gasteiger partial charge in [-0.15, -0.1) is 0 Å². The van der Waals surface area contributed by atoms with Crippen LogP contribution < -0.4 is 21.3 Å². The third kappa shape index (κ3) is 6.29. The Bertz CT molecular complexity index is 1010. The van der Waals surface area contributed by atoms with Crippen molar-refractivity contribution in [2.24, 2.45) is 0 Å². The summed E-state index contributed by atoms with van der Waals surface area (Å²) in [6, 6.07) is 11.1. The van der Waals surface area contributed by atoms with E-state index in [0.29, 0.717) is 17.8 Å². The Balaban J connectivity index is 1.96. The van der Waals surface area contributed by atoms with E-state index in [2.05, 4.69) is 21.3 Å². The molecule has 0 aliphatic rings. The molecule has 0 fully saturated rings.